The van der Waals surface area contributed by atoms with Crippen LogP contribution in [0, 0.1) is 5.92 Å². The van der Waals surface area contributed by atoms with Crippen LogP contribution in [0.5, 0.6) is 0 Å². The summed E-state index contributed by atoms with van der Waals surface area (Å²) in [4.78, 5) is 16.0. The molecule has 0 aliphatic heterocycles. The van der Waals surface area contributed by atoms with Crippen LogP contribution in [-0.2, 0) is 0 Å². The van der Waals surface area contributed by atoms with Crippen molar-refractivity contribution in [3.8, 4) is 0 Å². The van der Waals surface area contributed by atoms with E-state index < -0.39 is 0 Å². The van der Waals surface area contributed by atoms with Crippen molar-refractivity contribution in [1.82, 2.24) is 10.3 Å². The number of nitrogens with zero attached hydrogens (tertiary/aromatic N) is 1. The summed E-state index contributed by atoms with van der Waals surface area (Å²) < 4.78 is 0. The predicted molar refractivity (Wildman–Crippen MR) is 66.5 cm³/mol. The monoisotopic (exact) mass is 233 g/mol. The molecule has 0 saturated heterocycles. The van der Waals surface area contributed by atoms with Gasteiger partial charge in [0.05, 0.1) is 0 Å². The number of hydrogen-bond donors (Lipinski definition) is 2. The lowest BCUT2D eigenvalue weighted by atomic mass is 9.84. The van der Waals surface area contributed by atoms with Crippen LogP contribution in [-0.4, -0.2) is 23.5 Å². The minimum Gasteiger partial charge on any atom is -0.348 e. The lowest BCUT2D eigenvalue weighted by Crippen LogP contribution is -2.44. The van der Waals surface area contributed by atoms with Crippen LogP contribution in [0.1, 0.15) is 36.2 Å². The second-order valence-corrected chi connectivity index (χ2v) is 4.58. The van der Waals surface area contributed by atoms with Crippen LogP contribution >= 0.6 is 0 Å². The van der Waals surface area contributed by atoms with E-state index in [0.717, 1.165) is 12.8 Å². The molecular weight excluding hydrogens is 214 g/mol. The number of nitrogens with two attached hydrogens (primary N) is 1. The van der Waals surface area contributed by atoms with Gasteiger partial charge in [0.2, 0.25) is 0 Å². The number of carbonyl (C=O) groups is 1. The first-order chi connectivity index (χ1) is 8.31. The van der Waals surface area contributed by atoms with E-state index in [0.29, 0.717) is 18.2 Å². The van der Waals surface area contributed by atoms with Crippen molar-refractivity contribution in [3.63, 3.8) is 0 Å². The highest BCUT2D eigenvalue weighted by Gasteiger charge is 2.25. The van der Waals surface area contributed by atoms with Crippen LogP contribution in [0.3, 0.4) is 0 Å². The standard InChI is InChI=1S/C13H19N3O/c14-9-10-5-1-2-6-11(10)16-13(17)12-7-3-4-8-15-12/h3-4,7-8,10-11H,1-2,5-6,9,14H2,(H,16,17). The number of amides is 1. The van der Waals surface area contributed by atoms with Gasteiger partial charge in [0.15, 0.2) is 0 Å². The number of aromatic nitrogens is 1. The Hall–Kier alpha value is -1.42. The molecule has 2 unspecified atom stereocenters. The van der Waals surface area contributed by atoms with Gasteiger partial charge < -0.3 is 11.1 Å². The molecule has 1 aromatic rings. The van der Waals surface area contributed by atoms with Crippen molar-refractivity contribution < 1.29 is 4.79 Å². The molecule has 0 radical (unpaired) electrons. The van der Waals surface area contributed by atoms with Crippen molar-refractivity contribution >= 4 is 5.91 Å². The molecule has 1 saturated carbocycles. The predicted octanol–water partition coefficient (Wildman–Crippen LogP) is 1.33. The quantitative estimate of drug-likeness (QED) is 0.827. The number of hydrogen-bond acceptors (Lipinski definition) is 3. The summed E-state index contributed by atoms with van der Waals surface area (Å²) in [6.45, 7) is 0.646. The fourth-order valence-electron chi connectivity index (χ4n) is 2.42. The molecule has 1 fully saturated rings. The zero-order valence-electron chi connectivity index (χ0n) is 9.93. The van der Waals surface area contributed by atoms with Gasteiger partial charge in [-0.1, -0.05) is 18.9 Å². The zero-order chi connectivity index (χ0) is 12.1. The molecule has 17 heavy (non-hydrogen) atoms. The van der Waals surface area contributed by atoms with Crippen molar-refractivity contribution in [2.75, 3.05) is 6.54 Å². The molecule has 2 rings (SSSR count). The molecule has 92 valence electrons. The van der Waals surface area contributed by atoms with Crippen molar-refractivity contribution in [2.24, 2.45) is 11.7 Å². The molecule has 4 nitrogen and oxygen atoms in total. The molecule has 3 N–H and O–H groups in total. The second kappa shape index (κ2) is 5.77. The summed E-state index contributed by atoms with van der Waals surface area (Å²) in [6.07, 6.45) is 6.17. The first-order valence-corrected chi connectivity index (χ1v) is 6.23. The zero-order valence-corrected chi connectivity index (χ0v) is 9.93. The fraction of sp³-hybridized carbons (Fsp3) is 0.538. The molecule has 4 heteroatoms. The van der Waals surface area contributed by atoms with Crippen LogP contribution in [0.15, 0.2) is 24.4 Å². The summed E-state index contributed by atoms with van der Waals surface area (Å²) in [5.74, 6) is 0.326. The molecule has 1 aliphatic carbocycles. The van der Waals surface area contributed by atoms with Crippen LogP contribution in [0.25, 0.3) is 0 Å². The normalized spacial score (nSPS) is 24.3. The molecule has 1 aromatic heterocycles. The smallest absolute Gasteiger partial charge is 0.270 e. The summed E-state index contributed by atoms with van der Waals surface area (Å²) in [5.41, 5.74) is 6.22. The molecule has 0 aromatic carbocycles. The number of rotatable bonds is 3. The van der Waals surface area contributed by atoms with E-state index in [-0.39, 0.29) is 11.9 Å². The number of nitrogens with one attached hydrogen (secondary N) is 1. The molecule has 1 aliphatic rings. The molecule has 2 atom stereocenters. The summed E-state index contributed by atoms with van der Waals surface area (Å²) in [7, 11) is 0. The third-order valence-electron chi connectivity index (χ3n) is 3.43. The molecule has 1 amide bonds. The van der Waals surface area contributed by atoms with Gasteiger partial charge in [0.1, 0.15) is 5.69 Å². The Morgan fingerprint density at radius 2 is 2.24 bits per heavy atom. The van der Waals surface area contributed by atoms with E-state index in [4.69, 9.17) is 5.73 Å². The van der Waals surface area contributed by atoms with Crippen LogP contribution in [0.2, 0.25) is 0 Å². The van der Waals surface area contributed by atoms with E-state index in [9.17, 15) is 4.79 Å². The van der Waals surface area contributed by atoms with Gasteiger partial charge in [0, 0.05) is 12.2 Å². The SMILES string of the molecule is NCC1CCCCC1NC(=O)c1ccccn1. The van der Waals surface area contributed by atoms with Crippen LogP contribution < -0.4 is 11.1 Å². The highest BCUT2D eigenvalue weighted by atomic mass is 16.1. The van der Waals surface area contributed by atoms with E-state index >= 15 is 0 Å². The molecule has 0 spiro atoms. The number of pyridine rings is 1. The van der Waals surface area contributed by atoms with Crippen LogP contribution in [0.4, 0.5) is 0 Å². The average Bonchev–Trinajstić information content (AvgIpc) is 2.40. The van der Waals surface area contributed by atoms with E-state index in [1.165, 1.54) is 12.8 Å². The molecule has 1 heterocycles. The minimum atomic E-state index is -0.0871. The van der Waals surface area contributed by atoms with E-state index in [1.807, 2.05) is 6.07 Å². The maximum atomic E-state index is 12.0. The lowest BCUT2D eigenvalue weighted by molar-refractivity contribution is 0.0903. The Kier molecular flexibility index (Phi) is 4.09. The number of carbonyl (C=O) groups excluding carboxylic acids is 1. The highest BCUT2D eigenvalue weighted by Crippen LogP contribution is 2.23. The van der Waals surface area contributed by atoms with Crippen molar-refractivity contribution in [2.45, 2.75) is 31.7 Å². The second-order valence-electron chi connectivity index (χ2n) is 4.58. The third-order valence-corrected chi connectivity index (χ3v) is 3.43. The topological polar surface area (TPSA) is 68.0 Å². The highest BCUT2D eigenvalue weighted by molar-refractivity contribution is 5.92. The van der Waals surface area contributed by atoms with Gasteiger partial charge in [-0.05, 0) is 37.4 Å². The van der Waals surface area contributed by atoms with Crippen molar-refractivity contribution in [1.29, 1.82) is 0 Å². The van der Waals surface area contributed by atoms with Gasteiger partial charge >= 0.3 is 0 Å². The maximum absolute atomic E-state index is 12.0. The Balaban J connectivity index is 1.98. The first kappa shape index (κ1) is 12.0. The van der Waals surface area contributed by atoms with E-state index in [1.54, 1.807) is 18.3 Å². The fourth-order valence-corrected chi connectivity index (χ4v) is 2.42. The maximum Gasteiger partial charge on any atom is 0.270 e. The largest absolute Gasteiger partial charge is 0.348 e. The lowest BCUT2D eigenvalue weighted by Gasteiger charge is -2.31. The Morgan fingerprint density at radius 3 is 2.94 bits per heavy atom. The van der Waals surface area contributed by atoms with Gasteiger partial charge in [-0.2, -0.15) is 0 Å². The Morgan fingerprint density at radius 1 is 1.41 bits per heavy atom. The summed E-state index contributed by atoms with van der Waals surface area (Å²) >= 11 is 0. The van der Waals surface area contributed by atoms with Gasteiger partial charge in [-0.15, -0.1) is 0 Å². The van der Waals surface area contributed by atoms with Crippen molar-refractivity contribution in [3.05, 3.63) is 30.1 Å². The summed E-state index contributed by atoms with van der Waals surface area (Å²) in [5, 5.41) is 3.05. The van der Waals surface area contributed by atoms with Gasteiger partial charge in [-0.25, -0.2) is 0 Å². The van der Waals surface area contributed by atoms with Gasteiger partial charge in [0.25, 0.3) is 5.91 Å². The first-order valence-electron chi connectivity index (χ1n) is 6.23. The van der Waals surface area contributed by atoms with E-state index in [2.05, 4.69) is 10.3 Å². The third kappa shape index (κ3) is 3.03. The molecular formula is C13H19N3O. The molecule has 0 bridgehead atoms. The summed E-state index contributed by atoms with van der Waals surface area (Å²) in [6, 6.07) is 5.57. The average molecular weight is 233 g/mol. The minimum absolute atomic E-state index is 0.0871. The Labute approximate surface area is 102 Å². The Bertz CT molecular complexity index is 366. The van der Waals surface area contributed by atoms with Gasteiger partial charge in [-0.3, -0.25) is 9.78 Å².